The molecule has 4 rings (SSSR count). The largest absolute Gasteiger partial charge is 0.497 e. The van der Waals surface area contributed by atoms with Gasteiger partial charge in [-0.2, -0.15) is 5.10 Å². The summed E-state index contributed by atoms with van der Waals surface area (Å²) >= 11 is 0. The zero-order valence-corrected chi connectivity index (χ0v) is 17.3. The molecule has 1 aliphatic rings. The second-order valence-corrected chi connectivity index (χ2v) is 7.48. The van der Waals surface area contributed by atoms with Gasteiger partial charge in [-0.05, 0) is 48.5 Å². The normalized spacial score (nSPS) is 14.2. The molecule has 0 N–H and O–H groups in total. The fourth-order valence-electron chi connectivity index (χ4n) is 3.55. The Morgan fingerprint density at radius 2 is 2.10 bits per heavy atom. The van der Waals surface area contributed by atoms with Gasteiger partial charge in [0.15, 0.2) is 5.82 Å². The highest BCUT2D eigenvalue weighted by Crippen LogP contribution is 2.17. The molecule has 0 unspecified atom stereocenters. The second-order valence-electron chi connectivity index (χ2n) is 7.48. The van der Waals surface area contributed by atoms with Crippen LogP contribution in [-0.2, 0) is 24.4 Å². The predicted octanol–water partition coefficient (Wildman–Crippen LogP) is 1.12. The molecule has 3 aromatic rings. The number of amides is 1. The molecule has 1 fully saturated rings. The first kappa shape index (κ1) is 20.0. The van der Waals surface area contributed by atoms with Crippen molar-refractivity contribution < 1.29 is 9.53 Å². The van der Waals surface area contributed by atoms with Crippen LogP contribution < -0.4 is 4.74 Å². The number of hydrogen-bond donors (Lipinski definition) is 0. The quantitative estimate of drug-likeness (QED) is 0.549. The van der Waals surface area contributed by atoms with E-state index in [1.165, 1.54) is 12.8 Å². The summed E-state index contributed by atoms with van der Waals surface area (Å²) in [6.07, 6.45) is 6.08. The molecule has 0 atom stereocenters. The SMILES string of the molecule is COc1cccc(-n2cc(CN(C)C(=O)Cn3nnnc3CN3CCCC3)cn2)c1. The second kappa shape index (κ2) is 9.04. The van der Waals surface area contributed by atoms with Gasteiger partial charge in [-0.1, -0.05) is 6.07 Å². The molecule has 10 nitrogen and oxygen atoms in total. The highest BCUT2D eigenvalue weighted by atomic mass is 16.5. The molecule has 1 aromatic carbocycles. The first-order valence-electron chi connectivity index (χ1n) is 10.0. The van der Waals surface area contributed by atoms with E-state index in [-0.39, 0.29) is 12.5 Å². The summed E-state index contributed by atoms with van der Waals surface area (Å²) < 4.78 is 8.63. The molecular formula is C20H26N8O2. The molecule has 10 heteroatoms. The number of rotatable bonds is 8. The number of carbonyl (C=O) groups is 1. The number of tetrazole rings is 1. The number of hydrogen-bond acceptors (Lipinski definition) is 7. The monoisotopic (exact) mass is 410 g/mol. The first-order valence-corrected chi connectivity index (χ1v) is 10.0. The fraction of sp³-hybridized carbons (Fsp3) is 0.450. The Kier molecular flexibility index (Phi) is 6.03. The maximum absolute atomic E-state index is 12.7. The molecule has 0 radical (unpaired) electrons. The lowest BCUT2D eigenvalue weighted by Crippen LogP contribution is -2.31. The van der Waals surface area contributed by atoms with Crippen molar-refractivity contribution in [3.8, 4) is 11.4 Å². The Morgan fingerprint density at radius 1 is 1.27 bits per heavy atom. The van der Waals surface area contributed by atoms with Crippen molar-refractivity contribution in [1.29, 1.82) is 0 Å². The Bertz CT molecular complexity index is 992. The molecule has 1 amide bonds. The van der Waals surface area contributed by atoms with Crippen LogP contribution in [0.5, 0.6) is 5.75 Å². The van der Waals surface area contributed by atoms with Gasteiger partial charge in [0, 0.05) is 31.4 Å². The number of ether oxygens (including phenoxy) is 1. The van der Waals surface area contributed by atoms with Gasteiger partial charge in [0.2, 0.25) is 5.91 Å². The summed E-state index contributed by atoms with van der Waals surface area (Å²) in [5.74, 6) is 1.44. The summed E-state index contributed by atoms with van der Waals surface area (Å²) in [5, 5.41) is 16.2. The van der Waals surface area contributed by atoms with E-state index in [9.17, 15) is 4.79 Å². The first-order chi connectivity index (χ1) is 14.6. The van der Waals surface area contributed by atoms with E-state index in [1.807, 2.05) is 30.5 Å². The molecule has 1 aliphatic heterocycles. The van der Waals surface area contributed by atoms with Crippen LogP contribution in [0.15, 0.2) is 36.7 Å². The molecule has 3 heterocycles. The average molecular weight is 410 g/mol. The minimum absolute atomic E-state index is 0.0564. The summed E-state index contributed by atoms with van der Waals surface area (Å²) in [5.41, 5.74) is 1.83. The van der Waals surface area contributed by atoms with Gasteiger partial charge in [0.1, 0.15) is 12.3 Å². The van der Waals surface area contributed by atoms with Gasteiger partial charge in [-0.25, -0.2) is 9.36 Å². The molecule has 0 aliphatic carbocycles. The van der Waals surface area contributed by atoms with Crippen molar-refractivity contribution in [3.63, 3.8) is 0 Å². The number of methoxy groups -OCH3 is 1. The Morgan fingerprint density at radius 3 is 2.90 bits per heavy atom. The van der Waals surface area contributed by atoms with E-state index in [0.29, 0.717) is 13.1 Å². The van der Waals surface area contributed by atoms with Crippen LogP contribution in [0.3, 0.4) is 0 Å². The summed E-state index contributed by atoms with van der Waals surface area (Å²) in [6.45, 7) is 3.36. The topological polar surface area (TPSA) is 94.2 Å². The van der Waals surface area contributed by atoms with E-state index in [2.05, 4.69) is 25.5 Å². The smallest absolute Gasteiger partial charge is 0.244 e. The maximum atomic E-state index is 12.7. The number of likely N-dealkylation sites (N-methyl/N-ethyl adjacent to an activating group) is 1. The molecule has 30 heavy (non-hydrogen) atoms. The molecule has 0 bridgehead atoms. The van der Waals surface area contributed by atoms with Crippen molar-refractivity contribution in [3.05, 3.63) is 48.0 Å². The average Bonchev–Trinajstić information content (AvgIpc) is 3.52. The van der Waals surface area contributed by atoms with Crippen molar-refractivity contribution in [1.82, 2.24) is 39.8 Å². The fourth-order valence-corrected chi connectivity index (χ4v) is 3.55. The van der Waals surface area contributed by atoms with Crippen molar-refractivity contribution in [2.75, 3.05) is 27.2 Å². The minimum atomic E-state index is -0.0564. The summed E-state index contributed by atoms with van der Waals surface area (Å²) in [4.78, 5) is 16.7. The van der Waals surface area contributed by atoms with E-state index < -0.39 is 0 Å². The number of likely N-dealkylation sites (tertiary alicyclic amines) is 1. The van der Waals surface area contributed by atoms with Crippen LogP contribution in [0.2, 0.25) is 0 Å². The molecule has 1 saturated heterocycles. The molecule has 0 saturated carbocycles. The van der Waals surface area contributed by atoms with Gasteiger partial charge in [0.25, 0.3) is 0 Å². The van der Waals surface area contributed by atoms with Gasteiger partial charge in [0.05, 0.1) is 25.5 Å². The third-order valence-electron chi connectivity index (χ3n) is 5.25. The van der Waals surface area contributed by atoms with Gasteiger partial charge >= 0.3 is 0 Å². The minimum Gasteiger partial charge on any atom is -0.497 e. The Balaban J connectivity index is 1.36. The number of aromatic nitrogens is 6. The summed E-state index contributed by atoms with van der Waals surface area (Å²) in [7, 11) is 3.41. The van der Waals surface area contributed by atoms with Crippen molar-refractivity contribution in [2.45, 2.75) is 32.5 Å². The summed E-state index contributed by atoms with van der Waals surface area (Å²) in [6, 6.07) is 7.66. The van der Waals surface area contributed by atoms with Gasteiger partial charge in [-0.15, -0.1) is 5.10 Å². The van der Waals surface area contributed by atoms with E-state index in [4.69, 9.17) is 4.74 Å². The molecule has 158 valence electrons. The van der Waals surface area contributed by atoms with Crippen LogP contribution in [0.1, 0.15) is 24.2 Å². The van der Waals surface area contributed by atoms with Crippen LogP contribution in [0.4, 0.5) is 0 Å². The molecular weight excluding hydrogens is 384 g/mol. The highest BCUT2D eigenvalue weighted by molar-refractivity contribution is 5.75. The third-order valence-corrected chi connectivity index (χ3v) is 5.25. The zero-order valence-electron chi connectivity index (χ0n) is 17.3. The van der Waals surface area contributed by atoms with E-state index in [0.717, 1.165) is 35.9 Å². The highest BCUT2D eigenvalue weighted by Gasteiger charge is 2.19. The molecule has 0 spiro atoms. The van der Waals surface area contributed by atoms with Gasteiger partial charge in [-0.3, -0.25) is 9.69 Å². The lowest BCUT2D eigenvalue weighted by molar-refractivity contribution is -0.131. The predicted molar refractivity (Wildman–Crippen MR) is 109 cm³/mol. The van der Waals surface area contributed by atoms with Gasteiger partial charge < -0.3 is 9.64 Å². The molecule has 2 aromatic heterocycles. The van der Waals surface area contributed by atoms with Crippen molar-refractivity contribution >= 4 is 5.91 Å². The van der Waals surface area contributed by atoms with Crippen molar-refractivity contribution in [2.24, 2.45) is 0 Å². The van der Waals surface area contributed by atoms with Crippen LogP contribution in [-0.4, -0.2) is 72.9 Å². The lowest BCUT2D eigenvalue weighted by Gasteiger charge is -2.17. The van der Waals surface area contributed by atoms with Crippen LogP contribution in [0.25, 0.3) is 5.69 Å². The lowest BCUT2D eigenvalue weighted by atomic mass is 10.3. The van der Waals surface area contributed by atoms with Crippen LogP contribution >= 0.6 is 0 Å². The van der Waals surface area contributed by atoms with E-state index in [1.54, 1.807) is 34.6 Å². The number of benzene rings is 1. The standard InChI is InChI=1S/C20H26N8O2/c1-25(12-16-11-21-27(13-16)17-6-5-7-18(10-17)30-2)20(29)15-28-19(22-23-24-28)14-26-8-3-4-9-26/h5-7,10-11,13H,3-4,8-9,12,14-15H2,1-2H3. The number of nitrogens with zero attached hydrogens (tertiary/aromatic N) is 8. The maximum Gasteiger partial charge on any atom is 0.244 e. The zero-order chi connectivity index (χ0) is 20.9. The number of carbonyl (C=O) groups excluding carboxylic acids is 1. The third kappa shape index (κ3) is 4.65. The van der Waals surface area contributed by atoms with Crippen LogP contribution in [0, 0.1) is 0 Å². The Hall–Kier alpha value is -3.27. The van der Waals surface area contributed by atoms with E-state index >= 15 is 0 Å². The Labute approximate surface area is 175 Å².